The zero-order valence-corrected chi connectivity index (χ0v) is 20.0. The summed E-state index contributed by atoms with van der Waals surface area (Å²) in [6, 6.07) is 8.64. The highest BCUT2D eigenvalue weighted by molar-refractivity contribution is 5.69. The van der Waals surface area contributed by atoms with Crippen LogP contribution in [0.3, 0.4) is 0 Å². The van der Waals surface area contributed by atoms with Gasteiger partial charge in [-0.05, 0) is 45.0 Å². The molecule has 1 N–H and O–H groups in total. The normalized spacial score (nSPS) is 18.3. The molecule has 5 rings (SSSR count). The Kier molecular flexibility index (Phi) is 5.62. The third-order valence-electron chi connectivity index (χ3n) is 5.61. The average molecular weight is 479 g/mol. The van der Waals surface area contributed by atoms with E-state index in [4.69, 9.17) is 9.84 Å². The summed E-state index contributed by atoms with van der Waals surface area (Å²) < 4.78 is 23.6. The monoisotopic (exact) mass is 478 g/mol. The second kappa shape index (κ2) is 8.64. The number of aryl methyl sites for hydroxylation is 1. The number of imidazole rings is 1. The first kappa shape index (κ1) is 22.8. The van der Waals surface area contributed by atoms with E-state index in [0.29, 0.717) is 22.9 Å². The van der Waals surface area contributed by atoms with Gasteiger partial charge in [0.15, 0.2) is 5.65 Å². The summed E-state index contributed by atoms with van der Waals surface area (Å²) in [6.07, 6.45) is 3.59. The molecule has 0 radical (unpaired) electrons. The van der Waals surface area contributed by atoms with Gasteiger partial charge in [-0.3, -0.25) is 4.68 Å². The number of pyridine rings is 1. The summed E-state index contributed by atoms with van der Waals surface area (Å²) in [5.41, 5.74) is 3.03. The summed E-state index contributed by atoms with van der Waals surface area (Å²) in [5, 5.41) is 12.1. The zero-order valence-electron chi connectivity index (χ0n) is 20.0. The lowest BCUT2D eigenvalue weighted by Crippen LogP contribution is -2.36. The number of hydrogen-bond acceptors (Lipinski definition) is 7. The Hall–Kier alpha value is -4.02. The van der Waals surface area contributed by atoms with Gasteiger partial charge in [-0.1, -0.05) is 6.07 Å². The first-order chi connectivity index (χ1) is 16.7. The number of nitrogens with zero attached hydrogens (tertiary/aromatic N) is 7. The van der Waals surface area contributed by atoms with Crippen LogP contribution in [0.5, 0.6) is 0 Å². The number of carbonyl (C=O) groups is 1. The fourth-order valence-corrected chi connectivity index (χ4v) is 3.98. The molecule has 2 atom stereocenters. The van der Waals surface area contributed by atoms with Gasteiger partial charge in [0.2, 0.25) is 0 Å². The van der Waals surface area contributed by atoms with Crippen LogP contribution in [0.15, 0.2) is 48.9 Å². The van der Waals surface area contributed by atoms with Crippen molar-refractivity contribution in [1.29, 1.82) is 0 Å². The Balaban J connectivity index is 1.36. The predicted molar refractivity (Wildman–Crippen MR) is 129 cm³/mol. The van der Waals surface area contributed by atoms with E-state index in [9.17, 15) is 9.18 Å². The lowest BCUT2D eigenvalue weighted by molar-refractivity contribution is 0.0283. The number of alkyl halides is 1. The smallest absolute Gasteiger partial charge is 0.410 e. The zero-order chi connectivity index (χ0) is 24.7. The van der Waals surface area contributed by atoms with E-state index in [2.05, 4.69) is 20.4 Å². The molecule has 0 spiro atoms. The van der Waals surface area contributed by atoms with Gasteiger partial charge >= 0.3 is 6.09 Å². The van der Waals surface area contributed by atoms with E-state index in [1.807, 2.05) is 37.5 Å². The second-order valence-corrected chi connectivity index (χ2v) is 9.59. The fourth-order valence-electron chi connectivity index (χ4n) is 3.98. The maximum absolute atomic E-state index is 14.7. The number of likely N-dealkylation sites (tertiary alicyclic amines) is 1. The summed E-state index contributed by atoms with van der Waals surface area (Å²) in [4.78, 5) is 22.8. The molecule has 0 unspecified atom stereocenters. The minimum Gasteiger partial charge on any atom is -0.444 e. The van der Waals surface area contributed by atoms with Crippen molar-refractivity contribution in [2.45, 2.75) is 38.6 Å². The van der Waals surface area contributed by atoms with Crippen LogP contribution in [0.4, 0.5) is 15.0 Å². The predicted octanol–water partition coefficient (Wildman–Crippen LogP) is 3.56. The number of amides is 1. The van der Waals surface area contributed by atoms with Crippen LogP contribution in [-0.4, -0.2) is 71.3 Å². The molecule has 1 fully saturated rings. The summed E-state index contributed by atoms with van der Waals surface area (Å²) >= 11 is 0. The molecular formula is C24H27FN8O2. The van der Waals surface area contributed by atoms with E-state index >= 15 is 0 Å². The van der Waals surface area contributed by atoms with E-state index < -0.39 is 23.9 Å². The number of aromatic nitrogens is 6. The van der Waals surface area contributed by atoms with Gasteiger partial charge in [-0.15, -0.1) is 0 Å². The van der Waals surface area contributed by atoms with Crippen molar-refractivity contribution in [2.75, 3.05) is 18.4 Å². The minimum atomic E-state index is -1.24. The van der Waals surface area contributed by atoms with Crippen LogP contribution < -0.4 is 5.32 Å². The number of fused-ring (bicyclic) bond motifs is 1. The summed E-state index contributed by atoms with van der Waals surface area (Å²) in [7, 11) is 1.85. The molecule has 1 amide bonds. The Morgan fingerprint density at radius 3 is 2.71 bits per heavy atom. The van der Waals surface area contributed by atoms with E-state index in [-0.39, 0.29) is 13.1 Å². The quantitative estimate of drug-likeness (QED) is 0.478. The Morgan fingerprint density at radius 1 is 1.14 bits per heavy atom. The topological polar surface area (TPSA) is 102 Å². The second-order valence-electron chi connectivity index (χ2n) is 9.59. The average Bonchev–Trinajstić information content (AvgIpc) is 3.51. The van der Waals surface area contributed by atoms with Crippen molar-refractivity contribution in [2.24, 2.45) is 7.05 Å². The Morgan fingerprint density at radius 2 is 1.97 bits per heavy atom. The minimum absolute atomic E-state index is 0.0272. The molecule has 1 aliphatic rings. The number of anilines is 1. The molecule has 4 aromatic rings. The molecule has 1 aliphatic heterocycles. The van der Waals surface area contributed by atoms with E-state index in [1.54, 1.807) is 48.4 Å². The highest BCUT2D eigenvalue weighted by Gasteiger charge is 2.37. The van der Waals surface area contributed by atoms with Crippen LogP contribution in [0.2, 0.25) is 0 Å². The lowest BCUT2D eigenvalue weighted by Gasteiger charge is -2.24. The summed E-state index contributed by atoms with van der Waals surface area (Å²) in [6.45, 7) is 5.52. The van der Waals surface area contributed by atoms with Crippen LogP contribution in [-0.2, 0) is 11.8 Å². The molecule has 0 saturated carbocycles. The number of nitrogens with one attached hydrogen (secondary N) is 1. The standard InChI is InChI=1S/C24H27FN8O2/c1-24(2,3)35-23(34)32-13-16(25)19(14-32)29-21-7-5-6-18(28-21)20-11-26-22-9-8-17(30-33(20)22)15-10-27-31(4)12-15/h5-12,16,19H,13-14H2,1-4H3,(H,28,29)/t16-,19-/m0/s1. The molecule has 4 aromatic heterocycles. The molecule has 35 heavy (non-hydrogen) atoms. The van der Waals surface area contributed by atoms with Crippen LogP contribution >= 0.6 is 0 Å². The molecular weight excluding hydrogens is 451 g/mol. The van der Waals surface area contributed by atoms with Crippen molar-refractivity contribution in [3.05, 3.63) is 48.9 Å². The molecule has 11 heteroatoms. The Bertz CT molecular complexity index is 1380. The number of hydrogen-bond donors (Lipinski definition) is 1. The molecule has 0 aromatic carbocycles. The van der Waals surface area contributed by atoms with E-state index in [1.165, 1.54) is 4.90 Å². The van der Waals surface area contributed by atoms with Gasteiger partial charge in [0.25, 0.3) is 0 Å². The van der Waals surface area contributed by atoms with Crippen molar-refractivity contribution < 1.29 is 13.9 Å². The third-order valence-corrected chi connectivity index (χ3v) is 5.61. The maximum Gasteiger partial charge on any atom is 0.410 e. The summed E-state index contributed by atoms with van der Waals surface area (Å²) in [5.74, 6) is 0.500. The molecule has 10 nitrogen and oxygen atoms in total. The van der Waals surface area contributed by atoms with Gasteiger partial charge in [-0.2, -0.15) is 10.2 Å². The van der Waals surface area contributed by atoms with Crippen LogP contribution in [0, 0.1) is 0 Å². The molecule has 0 aliphatic carbocycles. The van der Waals surface area contributed by atoms with Gasteiger partial charge < -0.3 is 15.0 Å². The fraction of sp³-hybridized carbons (Fsp3) is 0.375. The molecule has 0 bridgehead atoms. The molecule has 1 saturated heterocycles. The van der Waals surface area contributed by atoms with Gasteiger partial charge in [0, 0.05) is 25.4 Å². The van der Waals surface area contributed by atoms with Gasteiger partial charge in [0.05, 0.1) is 36.4 Å². The van der Waals surface area contributed by atoms with Crippen molar-refractivity contribution >= 4 is 17.6 Å². The number of halogens is 1. The van der Waals surface area contributed by atoms with Crippen molar-refractivity contribution in [3.8, 4) is 22.6 Å². The first-order valence-corrected chi connectivity index (χ1v) is 11.4. The largest absolute Gasteiger partial charge is 0.444 e. The third kappa shape index (κ3) is 4.79. The van der Waals surface area contributed by atoms with Crippen LogP contribution in [0.25, 0.3) is 28.3 Å². The van der Waals surface area contributed by atoms with Crippen molar-refractivity contribution in [3.63, 3.8) is 0 Å². The number of ether oxygens (including phenoxy) is 1. The Labute approximate surface area is 201 Å². The number of carbonyl (C=O) groups excluding carboxylic acids is 1. The van der Waals surface area contributed by atoms with Crippen molar-refractivity contribution in [1.82, 2.24) is 34.3 Å². The maximum atomic E-state index is 14.7. The first-order valence-electron chi connectivity index (χ1n) is 11.4. The molecule has 182 valence electrons. The highest BCUT2D eigenvalue weighted by atomic mass is 19.1. The van der Waals surface area contributed by atoms with Gasteiger partial charge in [-0.25, -0.2) is 23.7 Å². The van der Waals surface area contributed by atoms with Gasteiger partial charge in [0.1, 0.15) is 23.3 Å². The SMILES string of the molecule is Cn1cc(-c2ccc3ncc(-c4cccc(N[C@H]5CN(C(=O)OC(C)(C)C)C[C@@H]5F)n4)n3n2)cn1. The molecule has 5 heterocycles. The number of rotatable bonds is 4. The highest BCUT2D eigenvalue weighted by Crippen LogP contribution is 2.25. The van der Waals surface area contributed by atoms with Crippen LogP contribution in [0.1, 0.15) is 20.8 Å². The lowest BCUT2D eigenvalue weighted by atomic mass is 10.2. The van der Waals surface area contributed by atoms with E-state index in [0.717, 1.165) is 11.3 Å².